The summed E-state index contributed by atoms with van der Waals surface area (Å²) in [5.74, 6) is 0.0333. The van der Waals surface area contributed by atoms with E-state index in [1.807, 2.05) is 0 Å². The van der Waals surface area contributed by atoms with Crippen LogP contribution in [-0.4, -0.2) is 31.8 Å². The summed E-state index contributed by atoms with van der Waals surface area (Å²) in [6.07, 6.45) is 2.81. The molecule has 0 aliphatic carbocycles. The molecule has 0 saturated carbocycles. The van der Waals surface area contributed by atoms with Crippen LogP contribution in [0.15, 0.2) is 18.2 Å². The topological polar surface area (TPSA) is 59.6 Å². The second-order valence-electron chi connectivity index (χ2n) is 5.94. The molecule has 2 aliphatic heterocycles. The van der Waals surface area contributed by atoms with Crippen LogP contribution in [-0.2, 0) is 33.9 Å². The Balaban J connectivity index is 0.00000192. The number of carbonyl (C=O) groups excluding carboxylic acids is 1. The molecule has 1 atom stereocenters. The largest absolute Gasteiger partial charge is 0.378 e. The van der Waals surface area contributed by atoms with E-state index in [1.54, 1.807) is 0 Å². The molecule has 1 amide bonds. The van der Waals surface area contributed by atoms with E-state index in [0.717, 1.165) is 38.1 Å². The lowest BCUT2D eigenvalue weighted by atomic mass is 10.1. The van der Waals surface area contributed by atoms with Gasteiger partial charge >= 0.3 is 0 Å². The highest BCUT2D eigenvalue weighted by Gasteiger charge is 2.15. The predicted molar refractivity (Wildman–Crippen MR) is 90.5 cm³/mol. The second kappa shape index (κ2) is 9.23. The molecule has 0 radical (unpaired) electrons. The van der Waals surface area contributed by atoms with Gasteiger partial charge in [-0.25, -0.2) is 0 Å². The highest BCUT2D eigenvalue weighted by molar-refractivity contribution is 5.85. The maximum absolute atomic E-state index is 11.8. The smallest absolute Gasteiger partial charge is 0.222 e. The summed E-state index contributed by atoms with van der Waals surface area (Å²) in [6, 6.07) is 6.39. The molecular formula is C17H25ClN2O3. The number of fused-ring (bicyclic) bond motifs is 1. The monoisotopic (exact) mass is 340 g/mol. The van der Waals surface area contributed by atoms with Crippen LogP contribution >= 0.6 is 12.4 Å². The lowest BCUT2D eigenvalue weighted by molar-refractivity contribution is -0.122. The molecule has 2 heterocycles. The van der Waals surface area contributed by atoms with Gasteiger partial charge in [-0.05, 0) is 29.5 Å². The third-order valence-corrected chi connectivity index (χ3v) is 4.19. The zero-order chi connectivity index (χ0) is 15.2. The van der Waals surface area contributed by atoms with Crippen LogP contribution in [0, 0.1) is 0 Å². The van der Waals surface area contributed by atoms with Crippen LogP contribution in [0.4, 0.5) is 0 Å². The molecular weight excluding hydrogens is 316 g/mol. The summed E-state index contributed by atoms with van der Waals surface area (Å²) in [5.41, 5.74) is 3.85. The molecule has 5 nitrogen and oxygen atoms in total. The van der Waals surface area contributed by atoms with E-state index in [2.05, 4.69) is 28.8 Å². The number of halogens is 1. The van der Waals surface area contributed by atoms with Gasteiger partial charge in [-0.1, -0.05) is 18.2 Å². The SMILES string of the molecule is Cl.O=C(CCOCC1CCCO1)NCc1ccc2c(c1)CNC2. The van der Waals surface area contributed by atoms with Gasteiger partial charge in [0.25, 0.3) is 0 Å². The van der Waals surface area contributed by atoms with Gasteiger partial charge in [-0.15, -0.1) is 12.4 Å². The lowest BCUT2D eigenvalue weighted by Crippen LogP contribution is -2.24. The Morgan fingerprint density at radius 2 is 2.22 bits per heavy atom. The molecule has 1 saturated heterocycles. The minimum atomic E-state index is 0. The fourth-order valence-electron chi connectivity index (χ4n) is 2.90. The van der Waals surface area contributed by atoms with Crippen molar-refractivity contribution in [2.75, 3.05) is 19.8 Å². The number of hydrogen-bond acceptors (Lipinski definition) is 4. The van der Waals surface area contributed by atoms with Crippen molar-refractivity contribution in [3.63, 3.8) is 0 Å². The number of nitrogens with one attached hydrogen (secondary N) is 2. The van der Waals surface area contributed by atoms with Crippen molar-refractivity contribution in [1.82, 2.24) is 10.6 Å². The molecule has 1 unspecified atom stereocenters. The van der Waals surface area contributed by atoms with Gasteiger partial charge < -0.3 is 20.1 Å². The number of carbonyl (C=O) groups is 1. The summed E-state index contributed by atoms with van der Waals surface area (Å²) in [6.45, 7) is 4.35. The van der Waals surface area contributed by atoms with Crippen molar-refractivity contribution < 1.29 is 14.3 Å². The number of hydrogen-bond donors (Lipinski definition) is 2. The standard InChI is InChI=1S/C17H24N2O3.ClH/c20-17(5-7-21-12-16-2-1-6-22-16)19-9-13-3-4-14-10-18-11-15(14)8-13;/h3-4,8,16,18H,1-2,5-7,9-12H2,(H,19,20);1H. The summed E-state index contributed by atoms with van der Waals surface area (Å²) >= 11 is 0. The summed E-state index contributed by atoms with van der Waals surface area (Å²) in [4.78, 5) is 11.8. The van der Waals surface area contributed by atoms with Gasteiger partial charge in [0.1, 0.15) is 0 Å². The zero-order valence-corrected chi connectivity index (χ0v) is 14.1. The van der Waals surface area contributed by atoms with Crippen molar-refractivity contribution in [2.24, 2.45) is 0 Å². The number of ether oxygens (including phenoxy) is 2. The normalized spacial score (nSPS) is 19.2. The Kier molecular flexibility index (Phi) is 7.30. The molecule has 6 heteroatoms. The molecule has 23 heavy (non-hydrogen) atoms. The van der Waals surface area contributed by atoms with E-state index in [9.17, 15) is 4.79 Å². The molecule has 2 aliphatic rings. The molecule has 0 spiro atoms. The van der Waals surface area contributed by atoms with Gasteiger partial charge in [-0.2, -0.15) is 0 Å². The first-order valence-electron chi connectivity index (χ1n) is 8.09. The Morgan fingerprint density at radius 1 is 1.35 bits per heavy atom. The highest BCUT2D eigenvalue weighted by atomic mass is 35.5. The van der Waals surface area contributed by atoms with Gasteiger partial charge in [0.2, 0.25) is 5.91 Å². The van der Waals surface area contributed by atoms with E-state index in [-0.39, 0.29) is 24.4 Å². The third-order valence-electron chi connectivity index (χ3n) is 4.19. The van der Waals surface area contributed by atoms with Crippen molar-refractivity contribution in [2.45, 2.75) is 45.0 Å². The molecule has 128 valence electrons. The Bertz CT molecular complexity index is 519. The summed E-state index contributed by atoms with van der Waals surface area (Å²) < 4.78 is 11.0. The lowest BCUT2D eigenvalue weighted by Gasteiger charge is -2.10. The van der Waals surface area contributed by atoms with Crippen molar-refractivity contribution in [3.8, 4) is 0 Å². The second-order valence-corrected chi connectivity index (χ2v) is 5.94. The molecule has 1 aromatic carbocycles. The van der Waals surface area contributed by atoms with Crippen LogP contribution in [0.3, 0.4) is 0 Å². The number of rotatable bonds is 7. The van der Waals surface area contributed by atoms with Crippen LogP contribution in [0.5, 0.6) is 0 Å². The zero-order valence-electron chi connectivity index (χ0n) is 13.3. The van der Waals surface area contributed by atoms with E-state index in [0.29, 0.717) is 26.2 Å². The first kappa shape index (κ1) is 18.2. The highest BCUT2D eigenvalue weighted by Crippen LogP contribution is 2.17. The molecule has 0 bridgehead atoms. The van der Waals surface area contributed by atoms with Crippen molar-refractivity contribution in [1.29, 1.82) is 0 Å². The number of amides is 1. The van der Waals surface area contributed by atoms with Crippen LogP contribution in [0.25, 0.3) is 0 Å². The van der Waals surface area contributed by atoms with E-state index in [1.165, 1.54) is 11.1 Å². The van der Waals surface area contributed by atoms with Crippen LogP contribution < -0.4 is 10.6 Å². The number of benzene rings is 1. The fraction of sp³-hybridized carbons (Fsp3) is 0.588. The first-order chi connectivity index (χ1) is 10.8. The Morgan fingerprint density at radius 3 is 3.04 bits per heavy atom. The van der Waals surface area contributed by atoms with Gasteiger partial charge in [0.15, 0.2) is 0 Å². The molecule has 3 rings (SSSR count). The molecule has 0 aromatic heterocycles. The quantitative estimate of drug-likeness (QED) is 0.744. The van der Waals surface area contributed by atoms with E-state index >= 15 is 0 Å². The van der Waals surface area contributed by atoms with E-state index in [4.69, 9.17) is 9.47 Å². The molecule has 1 aromatic rings. The molecule has 2 N–H and O–H groups in total. The van der Waals surface area contributed by atoms with Gasteiger partial charge in [0.05, 0.1) is 19.3 Å². The summed E-state index contributed by atoms with van der Waals surface area (Å²) in [5, 5.41) is 6.27. The average molecular weight is 341 g/mol. The average Bonchev–Trinajstić information content (AvgIpc) is 3.20. The summed E-state index contributed by atoms with van der Waals surface area (Å²) in [7, 11) is 0. The predicted octanol–water partition coefficient (Wildman–Crippen LogP) is 1.91. The minimum absolute atomic E-state index is 0. The first-order valence-corrected chi connectivity index (χ1v) is 8.09. The van der Waals surface area contributed by atoms with E-state index < -0.39 is 0 Å². The van der Waals surface area contributed by atoms with Gasteiger partial charge in [-0.3, -0.25) is 4.79 Å². The minimum Gasteiger partial charge on any atom is -0.378 e. The Hall–Kier alpha value is -1.14. The Labute approximate surface area is 143 Å². The maximum Gasteiger partial charge on any atom is 0.222 e. The maximum atomic E-state index is 11.8. The van der Waals surface area contributed by atoms with Crippen molar-refractivity contribution in [3.05, 3.63) is 34.9 Å². The fourth-order valence-corrected chi connectivity index (χ4v) is 2.90. The van der Waals surface area contributed by atoms with Gasteiger partial charge in [0, 0.05) is 32.7 Å². The molecule has 1 fully saturated rings. The third kappa shape index (κ3) is 5.46. The van der Waals surface area contributed by atoms with Crippen LogP contribution in [0.2, 0.25) is 0 Å². The van der Waals surface area contributed by atoms with Crippen LogP contribution in [0.1, 0.15) is 36.0 Å². The van der Waals surface area contributed by atoms with Crippen molar-refractivity contribution >= 4 is 18.3 Å².